The molecular weight excluding hydrogens is 536 g/mol. The van der Waals surface area contributed by atoms with Gasteiger partial charge in [-0.3, -0.25) is 10.1 Å². The molecule has 2 N–H and O–H groups in total. The standard InChI is InChI=1S/C27H16Cl2FN3O3S/c28-16-11-15(12-17(29)13-16)23-9-6-19(35-23)7-10-25(34)33-27(37)31-18-5-8-24-22(14-18)32-26(36-24)20-3-1-2-4-21(20)30/h1-14H,(H2,31,33,34,37)/b10-7+. The van der Waals surface area contributed by atoms with Gasteiger partial charge in [0, 0.05) is 27.4 Å². The summed E-state index contributed by atoms with van der Waals surface area (Å²) in [5.41, 5.74) is 2.55. The van der Waals surface area contributed by atoms with Gasteiger partial charge in [-0.2, -0.15) is 0 Å². The molecule has 0 aliphatic heterocycles. The smallest absolute Gasteiger partial charge is 0.250 e. The van der Waals surface area contributed by atoms with Crippen LogP contribution in [0.3, 0.4) is 0 Å². The lowest BCUT2D eigenvalue weighted by molar-refractivity contribution is -0.115. The molecule has 1 amide bonds. The third kappa shape index (κ3) is 5.89. The number of aromatic nitrogens is 1. The third-order valence-corrected chi connectivity index (χ3v) is 5.80. The molecule has 6 nitrogen and oxygen atoms in total. The van der Waals surface area contributed by atoms with Gasteiger partial charge in [-0.15, -0.1) is 0 Å². The van der Waals surface area contributed by atoms with Gasteiger partial charge in [0.25, 0.3) is 0 Å². The number of oxazole rings is 1. The Balaban J connectivity index is 1.21. The van der Waals surface area contributed by atoms with Crippen LogP contribution in [-0.2, 0) is 4.79 Å². The zero-order valence-corrected chi connectivity index (χ0v) is 21.1. The van der Waals surface area contributed by atoms with E-state index in [1.807, 2.05) is 0 Å². The molecule has 5 aromatic rings. The molecule has 184 valence electrons. The molecule has 0 unspecified atom stereocenters. The Bertz CT molecular complexity index is 1660. The van der Waals surface area contributed by atoms with Crippen LogP contribution in [-0.4, -0.2) is 16.0 Å². The van der Waals surface area contributed by atoms with E-state index >= 15 is 0 Å². The number of carbonyl (C=O) groups excluding carboxylic acids is 1. The molecule has 0 saturated carbocycles. The van der Waals surface area contributed by atoms with Crippen molar-refractivity contribution in [3.63, 3.8) is 0 Å². The second-order valence-electron chi connectivity index (χ2n) is 7.82. The molecule has 2 heterocycles. The Morgan fingerprint density at radius 2 is 1.76 bits per heavy atom. The number of halogens is 3. The van der Waals surface area contributed by atoms with Crippen LogP contribution in [0.2, 0.25) is 10.0 Å². The van der Waals surface area contributed by atoms with Crippen molar-refractivity contribution in [1.82, 2.24) is 10.3 Å². The number of carbonyl (C=O) groups is 1. The fourth-order valence-electron chi connectivity index (χ4n) is 3.52. The first-order valence-electron chi connectivity index (χ1n) is 10.9. The maximum absolute atomic E-state index is 14.1. The van der Waals surface area contributed by atoms with Gasteiger partial charge in [-0.05, 0) is 79.0 Å². The average Bonchev–Trinajstić information content (AvgIpc) is 3.49. The molecule has 0 atom stereocenters. The van der Waals surface area contributed by atoms with Gasteiger partial charge < -0.3 is 14.2 Å². The van der Waals surface area contributed by atoms with E-state index in [-0.39, 0.29) is 16.6 Å². The molecule has 0 bridgehead atoms. The highest BCUT2D eigenvalue weighted by molar-refractivity contribution is 7.80. The number of nitrogens with zero attached hydrogens (tertiary/aromatic N) is 1. The largest absolute Gasteiger partial charge is 0.457 e. The normalized spacial score (nSPS) is 11.2. The summed E-state index contributed by atoms with van der Waals surface area (Å²) < 4.78 is 25.5. The van der Waals surface area contributed by atoms with Crippen molar-refractivity contribution in [3.8, 4) is 22.8 Å². The van der Waals surface area contributed by atoms with Crippen LogP contribution in [0.5, 0.6) is 0 Å². The lowest BCUT2D eigenvalue weighted by Gasteiger charge is -2.07. The van der Waals surface area contributed by atoms with E-state index < -0.39 is 11.7 Å². The first kappa shape index (κ1) is 24.7. The number of anilines is 1. The molecule has 0 aliphatic carbocycles. The minimum Gasteiger partial charge on any atom is -0.457 e. The van der Waals surface area contributed by atoms with Crippen molar-refractivity contribution in [2.75, 3.05) is 5.32 Å². The Hall–Kier alpha value is -3.98. The minimum atomic E-state index is -0.453. The van der Waals surface area contributed by atoms with Crippen molar-refractivity contribution in [2.45, 2.75) is 0 Å². The molecule has 0 saturated heterocycles. The summed E-state index contributed by atoms with van der Waals surface area (Å²) in [6, 6.07) is 19.9. The number of hydrogen-bond acceptors (Lipinski definition) is 5. The number of thiocarbonyl (C=S) groups is 1. The number of furan rings is 1. The van der Waals surface area contributed by atoms with Crippen LogP contribution in [0.15, 0.2) is 87.7 Å². The van der Waals surface area contributed by atoms with Crippen molar-refractivity contribution in [2.24, 2.45) is 0 Å². The van der Waals surface area contributed by atoms with Crippen LogP contribution < -0.4 is 10.6 Å². The maximum Gasteiger partial charge on any atom is 0.250 e. The first-order chi connectivity index (χ1) is 17.8. The zero-order valence-electron chi connectivity index (χ0n) is 18.8. The molecule has 3 aromatic carbocycles. The summed E-state index contributed by atoms with van der Waals surface area (Å²) in [4.78, 5) is 16.7. The molecule has 10 heteroatoms. The SMILES string of the molecule is O=C(/C=C/c1ccc(-c2cc(Cl)cc(Cl)c2)o1)NC(=S)Nc1ccc2oc(-c3ccccc3F)nc2c1. The summed E-state index contributed by atoms with van der Waals surface area (Å²) in [5.74, 6) is 0.311. The van der Waals surface area contributed by atoms with Gasteiger partial charge >= 0.3 is 0 Å². The maximum atomic E-state index is 14.1. The van der Waals surface area contributed by atoms with E-state index in [1.54, 1.807) is 66.7 Å². The Kier molecular flexibility index (Phi) is 7.05. The second-order valence-corrected chi connectivity index (χ2v) is 9.10. The molecule has 0 aliphatic rings. The van der Waals surface area contributed by atoms with Crippen molar-refractivity contribution >= 4 is 69.3 Å². The molecular formula is C27H16Cl2FN3O3S. The molecule has 0 radical (unpaired) electrons. The van der Waals surface area contributed by atoms with Gasteiger partial charge in [0.2, 0.25) is 11.8 Å². The number of rotatable bonds is 5. The van der Waals surface area contributed by atoms with E-state index in [0.29, 0.717) is 38.4 Å². The minimum absolute atomic E-state index is 0.0838. The number of fused-ring (bicyclic) bond motifs is 1. The van der Waals surface area contributed by atoms with E-state index in [4.69, 9.17) is 44.3 Å². The highest BCUT2D eigenvalue weighted by Gasteiger charge is 2.13. The Labute approximate surface area is 225 Å². The number of amides is 1. The number of nitrogens with one attached hydrogen (secondary N) is 2. The Morgan fingerprint density at radius 3 is 2.54 bits per heavy atom. The zero-order chi connectivity index (χ0) is 25.9. The van der Waals surface area contributed by atoms with Crippen molar-refractivity contribution < 1.29 is 18.0 Å². The van der Waals surface area contributed by atoms with Crippen molar-refractivity contribution in [1.29, 1.82) is 0 Å². The van der Waals surface area contributed by atoms with Crippen LogP contribution in [0.1, 0.15) is 5.76 Å². The average molecular weight is 552 g/mol. The number of hydrogen-bond donors (Lipinski definition) is 2. The quantitative estimate of drug-likeness (QED) is 0.172. The van der Waals surface area contributed by atoms with Gasteiger partial charge in [-0.25, -0.2) is 9.37 Å². The Morgan fingerprint density at radius 1 is 0.973 bits per heavy atom. The van der Waals surface area contributed by atoms with Crippen molar-refractivity contribution in [3.05, 3.63) is 100 Å². The van der Waals surface area contributed by atoms with Crippen LogP contribution in [0.25, 0.3) is 40.0 Å². The van der Waals surface area contributed by atoms with E-state index in [0.717, 1.165) is 5.56 Å². The lowest BCUT2D eigenvalue weighted by atomic mass is 10.2. The van der Waals surface area contributed by atoms with E-state index in [9.17, 15) is 9.18 Å². The van der Waals surface area contributed by atoms with Crippen LogP contribution >= 0.6 is 35.4 Å². The summed E-state index contributed by atoms with van der Waals surface area (Å²) in [7, 11) is 0. The van der Waals surface area contributed by atoms with Crippen LogP contribution in [0.4, 0.5) is 10.1 Å². The molecule has 5 rings (SSSR count). The molecule has 0 spiro atoms. The van der Waals surface area contributed by atoms with Gasteiger partial charge in [-0.1, -0.05) is 35.3 Å². The first-order valence-corrected chi connectivity index (χ1v) is 12.0. The summed E-state index contributed by atoms with van der Waals surface area (Å²) in [6.07, 6.45) is 2.81. The predicted molar refractivity (Wildman–Crippen MR) is 147 cm³/mol. The summed E-state index contributed by atoms with van der Waals surface area (Å²) >= 11 is 17.3. The highest BCUT2D eigenvalue weighted by Crippen LogP contribution is 2.29. The van der Waals surface area contributed by atoms with Crippen LogP contribution in [0, 0.1) is 5.82 Å². The molecule has 37 heavy (non-hydrogen) atoms. The fourth-order valence-corrected chi connectivity index (χ4v) is 4.27. The van der Waals surface area contributed by atoms with Gasteiger partial charge in [0.05, 0.1) is 5.56 Å². The molecule has 2 aromatic heterocycles. The molecule has 0 fully saturated rings. The highest BCUT2D eigenvalue weighted by atomic mass is 35.5. The number of benzene rings is 3. The summed E-state index contributed by atoms with van der Waals surface area (Å²) in [6.45, 7) is 0. The lowest BCUT2D eigenvalue weighted by Crippen LogP contribution is -2.32. The monoisotopic (exact) mass is 551 g/mol. The third-order valence-electron chi connectivity index (χ3n) is 5.16. The second kappa shape index (κ2) is 10.6. The van der Waals surface area contributed by atoms with Gasteiger partial charge in [0.15, 0.2) is 10.7 Å². The predicted octanol–water partition coefficient (Wildman–Crippen LogP) is 7.73. The topological polar surface area (TPSA) is 80.3 Å². The van der Waals surface area contributed by atoms with E-state index in [1.165, 1.54) is 18.2 Å². The van der Waals surface area contributed by atoms with E-state index in [2.05, 4.69) is 15.6 Å². The fraction of sp³-hybridized carbons (Fsp3) is 0. The van der Waals surface area contributed by atoms with Gasteiger partial charge in [0.1, 0.15) is 22.9 Å². The summed E-state index contributed by atoms with van der Waals surface area (Å²) in [5, 5.41) is 6.55.